The number of azide groups is 1. The maximum atomic E-state index is 13.9. The predicted octanol–water partition coefficient (Wildman–Crippen LogP) is 7.63. The van der Waals surface area contributed by atoms with Gasteiger partial charge in [0.25, 0.3) is 0 Å². The highest BCUT2D eigenvalue weighted by Crippen LogP contribution is 2.40. The molecule has 8 rings (SSSR count). The van der Waals surface area contributed by atoms with E-state index >= 15 is 0 Å². The zero-order chi connectivity index (χ0) is 43.4. The third kappa shape index (κ3) is 10.9. The Morgan fingerprint density at radius 1 is 0.635 bits per heavy atom. The predicted molar refractivity (Wildman–Crippen MR) is 226 cm³/mol. The average molecular weight is 860 g/mol. The minimum absolute atomic E-state index is 0.0675. The molecule has 5 aromatic carbocycles. The van der Waals surface area contributed by atoms with Crippen molar-refractivity contribution in [3.63, 3.8) is 0 Å². The summed E-state index contributed by atoms with van der Waals surface area (Å²) in [5, 5.41) is 4.21. The number of hydrogen-bond donors (Lipinski definition) is 0. The first-order chi connectivity index (χ1) is 31.0. The molecule has 0 radical (unpaired) electrons. The topological polar surface area (TPSA) is 167 Å². The summed E-state index contributed by atoms with van der Waals surface area (Å²) >= 11 is 0. The Labute approximate surface area is 365 Å². The molecule has 0 bridgehead atoms. The summed E-state index contributed by atoms with van der Waals surface area (Å²) in [6.45, 7) is 0.421. The Hall–Kier alpha value is -5.84. The van der Waals surface area contributed by atoms with Gasteiger partial charge in [-0.1, -0.05) is 126 Å². The van der Waals surface area contributed by atoms with Crippen molar-refractivity contribution in [2.45, 2.75) is 87.5 Å². The van der Waals surface area contributed by atoms with E-state index in [1.807, 2.05) is 121 Å². The molecule has 3 fully saturated rings. The van der Waals surface area contributed by atoms with Crippen LogP contribution in [0.25, 0.3) is 10.4 Å². The smallest absolute Gasteiger partial charge is 0.337 e. The third-order valence-electron chi connectivity index (χ3n) is 11.0. The van der Waals surface area contributed by atoms with Gasteiger partial charge in [0, 0.05) is 10.5 Å². The second kappa shape index (κ2) is 21.5. The van der Waals surface area contributed by atoms with Crippen molar-refractivity contribution in [3.8, 4) is 11.5 Å². The highest BCUT2D eigenvalue weighted by atomic mass is 16.8. The molecule has 15 heteroatoms. The first kappa shape index (κ1) is 43.8. The fourth-order valence-corrected chi connectivity index (χ4v) is 7.79. The van der Waals surface area contributed by atoms with Gasteiger partial charge in [-0.05, 0) is 46.5 Å². The van der Waals surface area contributed by atoms with Gasteiger partial charge in [0.15, 0.2) is 18.7 Å². The summed E-state index contributed by atoms with van der Waals surface area (Å²) < 4.78 is 70.3. The Morgan fingerprint density at radius 2 is 1.17 bits per heavy atom. The van der Waals surface area contributed by atoms with Crippen LogP contribution in [0.1, 0.15) is 28.5 Å². The number of rotatable bonds is 17. The molecule has 0 aromatic heterocycles. The van der Waals surface area contributed by atoms with E-state index in [1.165, 1.54) is 7.11 Å². The van der Waals surface area contributed by atoms with Crippen LogP contribution < -0.4 is 9.47 Å². The molecular formula is C48H49N3O12. The van der Waals surface area contributed by atoms with E-state index in [2.05, 4.69) is 10.0 Å². The standard InChI is InChI=1S/C48H49N3O12/c1-53-35-23-25-36(26-24-35)59-47-38(50-51-49)40(39-37(60-47)30-58-46(61-39)34-21-13-6-14-22-34)62-48-44(57-29-33-19-11-5-12-20-33)42(56-28-32-17-9-4-10-18-32)41(43(63-48)45(52)54-2)55-27-31-15-7-3-8-16-31/h3-26,37-44,46-48H,27-30H2,1-2H3/t37-,38-,39+,40-,41+,42+,43+,44-,46+,47-,48+/m1/s1. The zero-order valence-electron chi connectivity index (χ0n) is 34.8. The van der Waals surface area contributed by atoms with Crippen molar-refractivity contribution >= 4 is 5.97 Å². The number of carbonyl (C=O) groups is 1. The molecule has 0 spiro atoms. The van der Waals surface area contributed by atoms with E-state index in [1.54, 1.807) is 31.4 Å². The molecule has 3 aliphatic rings. The van der Waals surface area contributed by atoms with Crippen LogP contribution in [0.4, 0.5) is 0 Å². The molecule has 15 nitrogen and oxygen atoms in total. The Bertz CT molecular complexity index is 2220. The van der Waals surface area contributed by atoms with Gasteiger partial charge in [-0.3, -0.25) is 0 Å². The molecule has 63 heavy (non-hydrogen) atoms. The van der Waals surface area contributed by atoms with Crippen molar-refractivity contribution in [2.75, 3.05) is 20.8 Å². The zero-order valence-corrected chi connectivity index (χ0v) is 34.8. The molecule has 3 heterocycles. The number of fused-ring (bicyclic) bond motifs is 1. The summed E-state index contributed by atoms with van der Waals surface area (Å²) in [7, 11) is 2.84. The number of nitrogens with zero attached hydrogens (tertiary/aromatic N) is 3. The second-order valence-electron chi connectivity index (χ2n) is 15.0. The van der Waals surface area contributed by atoms with Crippen LogP contribution in [0.15, 0.2) is 151 Å². The van der Waals surface area contributed by atoms with Gasteiger partial charge in [0.2, 0.25) is 6.29 Å². The molecule has 328 valence electrons. The maximum Gasteiger partial charge on any atom is 0.337 e. The van der Waals surface area contributed by atoms with E-state index in [9.17, 15) is 10.3 Å². The first-order valence-corrected chi connectivity index (χ1v) is 20.7. The molecule has 0 aliphatic carbocycles. The molecule has 11 atom stereocenters. The van der Waals surface area contributed by atoms with Crippen LogP contribution in [-0.2, 0) is 67.2 Å². The number of carbonyl (C=O) groups excluding carboxylic acids is 1. The second-order valence-corrected chi connectivity index (χ2v) is 15.0. The van der Waals surface area contributed by atoms with Gasteiger partial charge in [-0.2, -0.15) is 0 Å². The number of esters is 1. The molecule has 5 aromatic rings. The lowest BCUT2D eigenvalue weighted by molar-refractivity contribution is -0.374. The molecule has 0 unspecified atom stereocenters. The van der Waals surface area contributed by atoms with E-state index in [4.69, 9.17) is 52.1 Å². The maximum absolute atomic E-state index is 13.9. The van der Waals surface area contributed by atoms with E-state index < -0.39 is 73.6 Å². The van der Waals surface area contributed by atoms with Gasteiger partial charge in [-0.15, -0.1) is 0 Å². The van der Waals surface area contributed by atoms with Crippen molar-refractivity contribution < 1.29 is 56.9 Å². The van der Waals surface area contributed by atoms with Crippen LogP contribution in [0.2, 0.25) is 0 Å². The highest BCUT2D eigenvalue weighted by Gasteiger charge is 2.57. The lowest BCUT2D eigenvalue weighted by atomic mass is 9.94. The third-order valence-corrected chi connectivity index (χ3v) is 11.0. The number of hydrogen-bond acceptors (Lipinski definition) is 13. The summed E-state index contributed by atoms with van der Waals surface area (Å²) in [4.78, 5) is 17.1. The number of methoxy groups -OCH3 is 2. The van der Waals surface area contributed by atoms with E-state index in [0.29, 0.717) is 11.5 Å². The van der Waals surface area contributed by atoms with E-state index in [0.717, 1.165) is 22.3 Å². The number of benzene rings is 5. The molecule has 0 N–H and O–H groups in total. The monoisotopic (exact) mass is 859 g/mol. The van der Waals surface area contributed by atoms with Crippen molar-refractivity contribution in [1.82, 2.24) is 0 Å². The van der Waals surface area contributed by atoms with Crippen LogP contribution >= 0.6 is 0 Å². The fraction of sp³-hybridized carbons (Fsp3) is 0.354. The molecule has 3 aliphatic heterocycles. The van der Waals surface area contributed by atoms with Crippen LogP contribution in [0.5, 0.6) is 11.5 Å². The van der Waals surface area contributed by atoms with Crippen LogP contribution in [-0.4, -0.2) is 88.1 Å². The summed E-state index contributed by atoms with van der Waals surface area (Å²) in [5.74, 6) is 0.305. The summed E-state index contributed by atoms with van der Waals surface area (Å²) in [6, 6.07) is 43.9. The minimum atomic E-state index is -1.38. The first-order valence-electron chi connectivity index (χ1n) is 20.7. The minimum Gasteiger partial charge on any atom is -0.497 e. The lowest BCUT2D eigenvalue weighted by Crippen LogP contribution is -2.67. The van der Waals surface area contributed by atoms with Crippen LogP contribution in [0, 0.1) is 0 Å². The van der Waals surface area contributed by atoms with E-state index in [-0.39, 0.29) is 26.4 Å². The van der Waals surface area contributed by atoms with Crippen molar-refractivity contribution in [2.24, 2.45) is 5.11 Å². The molecule has 0 saturated carbocycles. The molecular weight excluding hydrogens is 811 g/mol. The van der Waals surface area contributed by atoms with Gasteiger partial charge >= 0.3 is 5.97 Å². The van der Waals surface area contributed by atoms with Crippen molar-refractivity contribution in [3.05, 3.63) is 178 Å². The molecule has 0 amide bonds. The fourth-order valence-electron chi connectivity index (χ4n) is 7.79. The van der Waals surface area contributed by atoms with Crippen LogP contribution in [0.3, 0.4) is 0 Å². The van der Waals surface area contributed by atoms with Crippen molar-refractivity contribution in [1.29, 1.82) is 0 Å². The number of ether oxygens (including phenoxy) is 11. The lowest BCUT2D eigenvalue weighted by Gasteiger charge is -2.51. The van der Waals surface area contributed by atoms with Gasteiger partial charge < -0.3 is 52.1 Å². The Morgan fingerprint density at radius 3 is 1.73 bits per heavy atom. The largest absolute Gasteiger partial charge is 0.497 e. The van der Waals surface area contributed by atoms with Gasteiger partial charge in [-0.25, -0.2) is 4.79 Å². The Kier molecular flexibility index (Phi) is 14.9. The SMILES string of the molecule is COC(=O)[C@H]1O[C@H](O[C@@H]2[C@@H](N=[N+]=[N-])[C@H](Oc3ccc(OC)cc3)O[C@@H]3CO[C@H](c4ccccc4)O[C@H]23)[C@H](OCc2ccccc2)[C@@H](OCc2ccccc2)[C@@H]1OCc1ccccc1. The Balaban J connectivity index is 1.19. The highest BCUT2D eigenvalue weighted by molar-refractivity contribution is 5.75. The average Bonchev–Trinajstić information content (AvgIpc) is 3.34. The summed E-state index contributed by atoms with van der Waals surface area (Å²) in [5.41, 5.74) is 13.4. The van der Waals surface area contributed by atoms with Gasteiger partial charge in [0.1, 0.15) is 54.2 Å². The van der Waals surface area contributed by atoms with Gasteiger partial charge in [0.05, 0.1) is 40.6 Å². The summed E-state index contributed by atoms with van der Waals surface area (Å²) in [6.07, 6.45) is -10.7. The normalized spacial score (nSPS) is 27.9. The molecule has 3 saturated heterocycles. The quantitative estimate of drug-likeness (QED) is 0.0389.